The minimum atomic E-state index is -0.673. The third-order valence-electron chi connectivity index (χ3n) is 3.41. The van der Waals surface area contributed by atoms with Gasteiger partial charge in [-0.05, 0) is 24.5 Å². The summed E-state index contributed by atoms with van der Waals surface area (Å²) in [6, 6.07) is 5.09. The van der Waals surface area contributed by atoms with E-state index < -0.39 is 6.67 Å². The molecular formula is C14H17ClFNO. The highest BCUT2D eigenvalue weighted by molar-refractivity contribution is 6.34. The van der Waals surface area contributed by atoms with E-state index in [2.05, 4.69) is 5.32 Å². The zero-order valence-electron chi connectivity index (χ0n) is 10.2. The normalized spacial score (nSPS) is 16.6. The lowest BCUT2D eigenvalue weighted by Crippen LogP contribution is -2.36. The van der Waals surface area contributed by atoms with Gasteiger partial charge in [-0.15, -0.1) is 0 Å². The Morgan fingerprint density at radius 3 is 2.72 bits per heavy atom. The number of nitrogens with one attached hydrogen (secondary N) is 1. The number of amides is 1. The van der Waals surface area contributed by atoms with Crippen LogP contribution in [0.4, 0.5) is 4.39 Å². The number of carbonyl (C=O) groups is 1. The average Bonchev–Trinajstić information content (AvgIpc) is 2.39. The molecule has 0 heterocycles. The molecule has 0 spiro atoms. The molecule has 2 rings (SSSR count). The Bertz CT molecular complexity index is 430. The Balaban J connectivity index is 2.12. The largest absolute Gasteiger partial charge is 0.349 e. The predicted molar refractivity (Wildman–Crippen MR) is 70.6 cm³/mol. The molecule has 4 heteroatoms. The lowest BCUT2D eigenvalue weighted by molar-refractivity contribution is 0.0926. The van der Waals surface area contributed by atoms with Crippen LogP contribution >= 0.6 is 11.6 Å². The first-order valence-corrected chi connectivity index (χ1v) is 6.74. The SMILES string of the molecule is O=C(NC1CCCCC1)c1c(Cl)cccc1CF. The molecule has 1 saturated carbocycles. The molecule has 1 aromatic carbocycles. The topological polar surface area (TPSA) is 29.1 Å². The minimum Gasteiger partial charge on any atom is -0.349 e. The van der Waals surface area contributed by atoms with E-state index >= 15 is 0 Å². The van der Waals surface area contributed by atoms with Crippen LogP contribution in [0.5, 0.6) is 0 Å². The van der Waals surface area contributed by atoms with Crippen molar-refractivity contribution >= 4 is 17.5 Å². The summed E-state index contributed by atoms with van der Waals surface area (Å²) in [6.45, 7) is -0.673. The van der Waals surface area contributed by atoms with E-state index in [0.29, 0.717) is 10.6 Å². The number of rotatable bonds is 3. The number of benzene rings is 1. The van der Waals surface area contributed by atoms with Crippen LogP contribution in [-0.4, -0.2) is 11.9 Å². The van der Waals surface area contributed by atoms with Crippen LogP contribution in [0.15, 0.2) is 18.2 Å². The van der Waals surface area contributed by atoms with Crippen LogP contribution in [0.1, 0.15) is 48.0 Å². The number of hydrogen-bond donors (Lipinski definition) is 1. The van der Waals surface area contributed by atoms with Crippen LogP contribution in [0.2, 0.25) is 5.02 Å². The zero-order chi connectivity index (χ0) is 13.0. The summed E-state index contributed by atoms with van der Waals surface area (Å²) in [5.74, 6) is -0.250. The van der Waals surface area contributed by atoms with Crippen molar-refractivity contribution < 1.29 is 9.18 Å². The fourth-order valence-corrected chi connectivity index (χ4v) is 2.72. The lowest BCUT2D eigenvalue weighted by atomic mass is 9.95. The van der Waals surface area contributed by atoms with E-state index in [9.17, 15) is 9.18 Å². The van der Waals surface area contributed by atoms with Crippen molar-refractivity contribution in [1.29, 1.82) is 0 Å². The fraction of sp³-hybridized carbons (Fsp3) is 0.500. The van der Waals surface area contributed by atoms with Crippen LogP contribution in [-0.2, 0) is 6.67 Å². The molecule has 0 radical (unpaired) electrons. The Labute approximate surface area is 112 Å². The monoisotopic (exact) mass is 269 g/mol. The lowest BCUT2D eigenvalue weighted by Gasteiger charge is -2.23. The van der Waals surface area contributed by atoms with Gasteiger partial charge in [0.05, 0.1) is 10.6 Å². The summed E-state index contributed by atoms with van der Waals surface area (Å²) in [4.78, 5) is 12.2. The Hall–Kier alpha value is -1.09. The van der Waals surface area contributed by atoms with Crippen LogP contribution in [0, 0.1) is 0 Å². The highest BCUT2D eigenvalue weighted by Gasteiger charge is 2.20. The third kappa shape index (κ3) is 3.02. The van der Waals surface area contributed by atoms with E-state index in [0.717, 1.165) is 25.7 Å². The molecule has 1 fully saturated rings. The second kappa shape index (κ2) is 6.19. The molecule has 0 atom stereocenters. The van der Waals surface area contributed by atoms with Gasteiger partial charge in [-0.1, -0.05) is 43.0 Å². The van der Waals surface area contributed by atoms with Crippen molar-refractivity contribution in [1.82, 2.24) is 5.32 Å². The third-order valence-corrected chi connectivity index (χ3v) is 3.73. The molecule has 0 aromatic heterocycles. The standard InChI is InChI=1S/C14H17ClFNO/c15-12-8-4-5-10(9-16)13(12)14(18)17-11-6-2-1-3-7-11/h4-5,8,11H,1-3,6-7,9H2,(H,17,18). The maximum Gasteiger partial charge on any atom is 0.253 e. The highest BCUT2D eigenvalue weighted by Crippen LogP contribution is 2.23. The Morgan fingerprint density at radius 1 is 1.33 bits per heavy atom. The quantitative estimate of drug-likeness (QED) is 0.887. The van der Waals surface area contributed by atoms with Gasteiger partial charge in [-0.25, -0.2) is 4.39 Å². The predicted octanol–water partition coefficient (Wildman–Crippen LogP) is 3.87. The summed E-state index contributed by atoms with van der Waals surface area (Å²) >= 11 is 5.99. The number of carbonyl (C=O) groups excluding carboxylic acids is 1. The number of alkyl halides is 1. The summed E-state index contributed by atoms with van der Waals surface area (Å²) in [7, 11) is 0. The molecule has 0 unspecified atom stereocenters. The van der Waals surface area contributed by atoms with Gasteiger partial charge >= 0.3 is 0 Å². The first-order chi connectivity index (χ1) is 8.72. The van der Waals surface area contributed by atoms with Crippen molar-refractivity contribution in [3.05, 3.63) is 34.3 Å². The maximum atomic E-state index is 12.9. The molecule has 1 aliphatic rings. The van der Waals surface area contributed by atoms with Gasteiger partial charge in [0, 0.05) is 6.04 Å². The average molecular weight is 270 g/mol. The fourth-order valence-electron chi connectivity index (χ4n) is 2.44. The zero-order valence-corrected chi connectivity index (χ0v) is 11.0. The number of halogens is 2. The van der Waals surface area contributed by atoms with E-state index in [-0.39, 0.29) is 17.5 Å². The summed E-state index contributed by atoms with van der Waals surface area (Å²) < 4.78 is 12.9. The second-order valence-corrected chi connectivity index (χ2v) is 5.12. The van der Waals surface area contributed by atoms with Crippen LogP contribution in [0.3, 0.4) is 0 Å². The molecule has 1 aromatic rings. The van der Waals surface area contributed by atoms with Gasteiger partial charge < -0.3 is 5.32 Å². The molecule has 0 saturated heterocycles. The molecule has 1 aliphatic carbocycles. The molecule has 1 N–H and O–H groups in total. The van der Waals surface area contributed by atoms with Crippen molar-refractivity contribution in [3.63, 3.8) is 0 Å². The van der Waals surface area contributed by atoms with Crippen LogP contribution < -0.4 is 5.32 Å². The smallest absolute Gasteiger partial charge is 0.253 e. The van der Waals surface area contributed by atoms with Gasteiger partial charge in [0.1, 0.15) is 6.67 Å². The second-order valence-electron chi connectivity index (χ2n) is 4.72. The van der Waals surface area contributed by atoms with Crippen molar-refractivity contribution in [3.8, 4) is 0 Å². The molecule has 0 bridgehead atoms. The number of hydrogen-bond acceptors (Lipinski definition) is 1. The van der Waals surface area contributed by atoms with E-state index in [4.69, 9.17) is 11.6 Å². The van der Waals surface area contributed by atoms with Crippen molar-refractivity contribution in [2.24, 2.45) is 0 Å². The maximum absolute atomic E-state index is 12.9. The molecule has 98 valence electrons. The summed E-state index contributed by atoms with van der Waals surface area (Å²) in [6.07, 6.45) is 5.52. The van der Waals surface area contributed by atoms with Crippen molar-refractivity contribution in [2.45, 2.75) is 44.8 Å². The van der Waals surface area contributed by atoms with Gasteiger partial charge in [0.2, 0.25) is 0 Å². The highest BCUT2D eigenvalue weighted by atomic mass is 35.5. The van der Waals surface area contributed by atoms with Gasteiger partial charge in [-0.3, -0.25) is 4.79 Å². The Morgan fingerprint density at radius 2 is 2.06 bits per heavy atom. The molecular weight excluding hydrogens is 253 g/mol. The van der Waals surface area contributed by atoms with E-state index in [1.54, 1.807) is 18.2 Å². The molecule has 2 nitrogen and oxygen atoms in total. The van der Waals surface area contributed by atoms with E-state index in [1.165, 1.54) is 6.42 Å². The summed E-state index contributed by atoms with van der Waals surface area (Å²) in [5, 5.41) is 3.28. The molecule has 0 aliphatic heterocycles. The minimum absolute atomic E-state index is 0.204. The first-order valence-electron chi connectivity index (χ1n) is 6.36. The first kappa shape index (κ1) is 13.3. The van der Waals surface area contributed by atoms with Crippen molar-refractivity contribution in [2.75, 3.05) is 0 Å². The van der Waals surface area contributed by atoms with Crippen LogP contribution in [0.25, 0.3) is 0 Å². The van der Waals surface area contributed by atoms with Gasteiger partial charge in [0.25, 0.3) is 5.91 Å². The van der Waals surface area contributed by atoms with E-state index in [1.807, 2.05) is 0 Å². The molecule has 18 heavy (non-hydrogen) atoms. The van der Waals surface area contributed by atoms with Gasteiger partial charge in [0.15, 0.2) is 0 Å². The molecule has 1 amide bonds. The Kier molecular flexibility index (Phi) is 4.59. The summed E-state index contributed by atoms with van der Waals surface area (Å²) in [5.41, 5.74) is 0.642. The van der Waals surface area contributed by atoms with Gasteiger partial charge in [-0.2, -0.15) is 0 Å².